The van der Waals surface area contributed by atoms with Crippen LogP contribution >= 0.6 is 22.6 Å². The zero-order valence-corrected chi connectivity index (χ0v) is 14.9. The van der Waals surface area contributed by atoms with Crippen LogP contribution in [0.3, 0.4) is 0 Å². The van der Waals surface area contributed by atoms with Gasteiger partial charge in [-0.15, -0.1) is 0 Å². The highest BCUT2D eigenvalue weighted by molar-refractivity contribution is 14.1. The number of aromatic nitrogens is 1. The van der Waals surface area contributed by atoms with Gasteiger partial charge in [0.15, 0.2) is 5.56 Å². The van der Waals surface area contributed by atoms with E-state index in [0.717, 1.165) is 0 Å². The molecule has 0 unspecified atom stereocenters. The molecule has 1 aromatic heterocycles. The molecule has 0 bridgehead atoms. The number of phenols is 1. The molecule has 7 heteroatoms. The van der Waals surface area contributed by atoms with Crippen molar-refractivity contribution in [2.75, 3.05) is 13.2 Å². The molecule has 1 heterocycles. The SMILES string of the molecule is CCOC(=O)c1c(OCC)ccn(-c2ccc(I)c(O)c2)c1=O. The highest BCUT2D eigenvalue weighted by Crippen LogP contribution is 2.23. The molecular weight excluding hydrogens is 413 g/mol. The number of hydrogen-bond acceptors (Lipinski definition) is 5. The molecule has 2 aromatic rings. The summed E-state index contributed by atoms with van der Waals surface area (Å²) in [7, 11) is 0. The molecule has 0 atom stereocenters. The van der Waals surface area contributed by atoms with Crippen molar-refractivity contribution in [2.45, 2.75) is 13.8 Å². The molecule has 0 saturated heterocycles. The molecule has 0 fully saturated rings. The van der Waals surface area contributed by atoms with Crippen LogP contribution in [0.25, 0.3) is 5.69 Å². The number of esters is 1. The number of carbonyl (C=O) groups excluding carboxylic acids is 1. The zero-order valence-electron chi connectivity index (χ0n) is 12.7. The highest BCUT2D eigenvalue weighted by atomic mass is 127. The second kappa shape index (κ2) is 7.49. The summed E-state index contributed by atoms with van der Waals surface area (Å²) in [5, 5.41) is 9.81. The lowest BCUT2D eigenvalue weighted by molar-refractivity contribution is 0.0519. The number of pyridine rings is 1. The van der Waals surface area contributed by atoms with E-state index in [9.17, 15) is 14.7 Å². The van der Waals surface area contributed by atoms with Gasteiger partial charge < -0.3 is 14.6 Å². The normalized spacial score (nSPS) is 10.4. The Balaban J connectivity index is 2.62. The van der Waals surface area contributed by atoms with E-state index in [4.69, 9.17) is 9.47 Å². The van der Waals surface area contributed by atoms with Crippen LogP contribution in [-0.4, -0.2) is 28.9 Å². The molecule has 0 aliphatic heterocycles. The summed E-state index contributed by atoms with van der Waals surface area (Å²) >= 11 is 1.98. The molecule has 6 nitrogen and oxygen atoms in total. The van der Waals surface area contributed by atoms with Gasteiger partial charge in [0.05, 0.1) is 22.5 Å². The minimum absolute atomic E-state index is 0.0570. The van der Waals surface area contributed by atoms with Crippen molar-refractivity contribution in [3.8, 4) is 17.2 Å². The van der Waals surface area contributed by atoms with Gasteiger partial charge in [-0.1, -0.05) is 0 Å². The van der Waals surface area contributed by atoms with Gasteiger partial charge in [0, 0.05) is 12.3 Å². The Labute approximate surface area is 146 Å². The third-order valence-electron chi connectivity index (χ3n) is 3.04. The summed E-state index contributed by atoms with van der Waals surface area (Å²) in [6.45, 7) is 3.90. The van der Waals surface area contributed by atoms with Gasteiger partial charge in [0.25, 0.3) is 5.56 Å². The predicted molar refractivity (Wildman–Crippen MR) is 93.5 cm³/mol. The minimum atomic E-state index is -0.731. The fourth-order valence-corrected chi connectivity index (χ4v) is 2.38. The molecule has 1 aromatic carbocycles. The summed E-state index contributed by atoms with van der Waals surface area (Å²) < 4.78 is 12.2. The molecule has 23 heavy (non-hydrogen) atoms. The largest absolute Gasteiger partial charge is 0.507 e. The van der Waals surface area contributed by atoms with E-state index in [-0.39, 0.29) is 23.7 Å². The number of phenolic OH excluding ortho intramolecular Hbond substituents is 1. The molecule has 2 rings (SSSR count). The van der Waals surface area contributed by atoms with Crippen LogP contribution in [0.5, 0.6) is 11.5 Å². The van der Waals surface area contributed by atoms with Crippen molar-refractivity contribution in [3.05, 3.63) is 49.9 Å². The number of aromatic hydroxyl groups is 1. The van der Waals surface area contributed by atoms with Crippen LogP contribution in [0.1, 0.15) is 24.2 Å². The second-order valence-electron chi connectivity index (χ2n) is 4.52. The number of hydrogen-bond donors (Lipinski definition) is 1. The Morgan fingerprint density at radius 3 is 2.61 bits per heavy atom. The van der Waals surface area contributed by atoms with E-state index in [2.05, 4.69) is 0 Å². The van der Waals surface area contributed by atoms with Crippen LogP contribution < -0.4 is 10.3 Å². The maximum absolute atomic E-state index is 12.7. The monoisotopic (exact) mass is 429 g/mol. The van der Waals surface area contributed by atoms with Gasteiger partial charge >= 0.3 is 5.97 Å². The van der Waals surface area contributed by atoms with Gasteiger partial charge in [-0.3, -0.25) is 9.36 Å². The van der Waals surface area contributed by atoms with Crippen LogP contribution in [0.4, 0.5) is 0 Å². The van der Waals surface area contributed by atoms with Crippen LogP contribution in [0.15, 0.2) is 35.3 Å². The Bertz CT molecular complexity index is 785. The first-order valence-electron chi connectivity index (χ1n) is 7.04. The fraction of sp³-hybridized carbons (Fsp3) is 0.250. The van der Waals surface area contributed by atoms with Crippen molar-refractivity contribution in [1.29, 1.82) is 0 Å². The first kappa shape index (κ1) is 17.3. The van der Waals surface area contributed by atoms with Crippen molar-refractivity contribution in [2.24, 2.45) is 0 Å². The summed E-state index contributed by atoms with van der Waals surface area (Å²) in [5.41, 5.74) is -0.272. The van der Waals surface area contributed by atoms with E-state index in [1.165, 1.54) is 22.9 Å². The first-order chi connectivity index (χ1) is 11.0. The number of ether oxygens (including phenoxy) is 2. The van der Waals surface area contributed by atoms with E-state index in [1.54, 1.807) is 26.0 Å². The number of halogens is 1. The van der Waals surface area contributed by atoms with Crippen molar-refractivity contribution in [1.82, 2.24) is 4.57 Å². The molecule has 0 aliphatic carbocycles. The second-order valence-corrected chi connectivity index (χ2v) is 5.68. The summed E-state index contributed by atoms with van der Waals surface area (Å²) in [5.74, 6) is -0.492. The number of nitrogens with zero attached hydrogens (tertiary/aromatic N) is 1. The van der Waals surface area contributed by atoms with Crippen LogP contribution in [0, 0.1) is 3.57 Å². The standard InChI is InChI=1S/C16H16INO5/c1-3-22-13-7-8-18(10-5-6-11(17)12(19)9-10)15(20)14(13)16(21)23-4-2/h5-9,19H,3-4H2,1-2H3. The molecule has 122 valence electrons. The smallest absolute Gasteiger partial charge is 0.347 e. The number of benzene rings is 1. The maximum Gasteiger partial charge on any atom is 0.347 e. The zero-order chi connectivity index (χ0) is 17.0. The van der Waals surface area contributed by atoms with Gasteiger partial charge in [-0.25, -0.2) is 4.79 Å². The lowest BCUT2D eigenvalue weighted by atomic mass is 10.2. The Hall–Kier alpha value is -2.03. The molecule has 0 aliphatic rings. The molecular formula is C16H16INO5. The van der Waals surface area contributed by atoms with Gasteiger partial charge in [-0.05, 0) is 54.6 Å². The number of carbonyl (C=O) groups is 1. The fourth-order valence-electron chi connectivity index (χ4n) is 2.04. The molecule has 0 spiro atoms. The lowest BCUT2D eigenvalue weighted by Crippen LogP contribution is -2.27. The average Bonchev–Trinajstić information content (AvgIpc) is 2.51. The minimum Gasteiger partial charge on any atom is -0.507 e. The lowest BCUT2D eigenvalue weighted by Gasteiger charge is -2.13. The van der Waals surface area contributed by atoms with Crippen LogP contribution in [0.2, 0.25) is 0 Å². The van der Waals surface area contributed by atoms with Gasteiger partial charge in [-0.2, -0.15) is 0 Å². The third kappa shape index (κ3) is 3.66. The van der Waals surface area contributed by atoms with E-state index in [1.807, 2.05) is 22.6 Å². The van der Waals surface area contributed by atoms with E-state index >= 15 is 0 Å². The summed E-state index contributed by atoms with van der Waals surface area (Å²) in [4.78, 5) is 24.8. The van der Waals surface area contributed by atoms with Crippen molar-refractivity contribution < 1.29 is 19.4 Å². The Kier molecular flexibility index (Phi) is 5.64. The predicted octanol–water partition coefficient (Wildman–Crippen LogP) is 2.72. The van der Waals surface area contributed by atoms with E-state index in [0.29, 0.717) is 15.9 Å². The van der Waals surface area contributed by atoms with Gasteiger partial charge in [0.1, 0.15) is 11.5 Å². The Morgan fingerprint density at radius 2 is 2.00 bits per heavy atom. The summed E-state index contributed by atoms with van der Waals surface area (Å²) in [6.07, 6.45) is 1.50. The average molecular weight is 429 g/mol. The topological polar surface area (TPSA) is 77.8 Å². The van der Waals surface area contributed by atoms with Gasteiger partial charge in [0.2, 0.25) is 0 Å². The summed E-state index contributed by atoms with van der Waals surface area (Å²) in [6, 6.07) is 6.35. The first-order valence-corrected chi connectivity index (χ1v) is 8.11. The molecule has 0 amide bonds. The maximum atomic E-state index is 12.7. The molecule has 0 radical (unpaired) electrons. The van der Waals surface area contributed by atoms with Crippen LogP contribution in [-0.2, 0) is 4.74 Å². The van der Waals surface area contributed by atoms with E-state index < -0.39 is 11.5 Å². The van der Waals surface area contributed by atoms with Crippen molar-refractivity contribution in [3.63, 3.8) is 0 Å². The van der Waals surface area contributed by atoms with Crippen molar-refractivity contribution >= 4 is 28.6 Å². The quantitative estimate of drug-likeness (QED) is 0.585. The molecule has 0 saturated carbocycles. The molecule has 1 N–H and O–H groups in total. The Morgan fingerprint density at radius 1 is 1.26 bits per heavy atom. The highest BCUT2D eigenvalue weighted by Gasteiger charge is 2.21. The number of rotatable bonds is 5. The third-order valence-corrected chi connectivity index (χ3v) is 3.95.